The first kappa shape index (κ1) is 12.6. The summed E-state index contributed by atoms with van der Waals surface area (Å²) in [4.78, 5) is 0. The van der Waals surface area contributed by atoms with E-state index in [9.17, 15) is 8.42 Å². The number of aryl methyl sites for hydroxylation is 1. The van der Waals surface area contributed by atoms with Crippen LogP contribution in [0.15, 0.2) is 28.9 Å². The van der Waals surface area contributed by atoms with Gasteiger partial charge in [0.05, 0.1) is 5.75 Å². The quantitative estimate of drug-likeness (QED) is 0.873. The molecule has 0 amide bonds. The minimum absolute atomic E-state index is 0.0954. The van der Waals surface area contributed by atoms with Crippen molar-refractivity contribution in [3.05, 3.63) is 34.4 Å². The van der Waals surface area contributed by atoms with E-state index in [1.54, 1.807) is 0 Å². The van der Waals surface area contributed by atoms with E-state index in [1.807, 2.05) is 31.3 Å². The zero-order valence-electron chi connectivity index (χ0n) is 9.77. The molecule has 0 radical (unpaired) electrons. The van der Waals surface area contributed by atoms with Crippen LogP contribution in [0, 0.1) is 0 Å². The molecule has 1 aromatic carbocycles. The molecule has 0 aliphatic rings. The van der Waals surface area contributed by atoms with Gasteiger partial charge in [0.1, 0.15) is 0 Å². The lowest BCUT2D eigenvalue weighted by Gasteiger charge is -2.00. The summed E-state index contributed by atoms with van der Waals surface area (Å²) in [6, 6.07) is 5.92. The van der Waals surface area contributed by atoms with E-state index in [4.69, 9.17) is 0 Å². The Morgan fingerprint density at radius 2 is 2.06 bits per heavy atom. The molecule has 17 heavy (non-hydrogen) atoms. The van der Waals surface area contributed by atoms with Crippen LogP contribution in [0.1, 0.15) is 12.5 Å². The fourth-order valence-electron chi connectivity index (χ4n) is 2.00. The van der Waals surface area contributed by atoms with Crippen LogP contribution >= 0.6 is 15.9 Å². The maximum atomic E-state index is 11.4. The molecule has 0 N–H and O–H groups in total. The summed E-state index contributed by atoms with van der Waals surface area (Å²) in [6.07, 6.45) is 3.19. The van der Waals surface area contributed by atoms with Gasteiger partial charge in [-0.05, 0) is 24.6 Å². The SMILES string of the molecule is CCn1cc(CS(C)(=O)=O)c2ccc(Br)cc21. The zero-order valence-corrected chi connectivity index (χ0v) is 12.2. The first-order chi connectivity index (χ1) is 7.90. The van der Waals surface area contributed by atoms with E-state index >= 15 is 0 Å². The molecule has 1 aromatic heterocycles. The van der Waals surface area contributed by atoms with Crippen molar-refractivity contribution in [1.82, 2.24) is 4.57 Å². The van der Waals surface area contributed by atoms with Crippen LogP contribution < -0.4 is 0 Å². The van der Waals surface area contributed by atoms with Crippen molar-refractivity contribution in [2.24, 2.45) is 0 Å². The van der Waals surface area contributed by atoms with Gasteiger partial charge in [0, 0.05) is 34.4 Å². The molecule has 2 rings (SSSR count). The van der Waals surface area contributed by atoms with E-state index in [-0.39, 0.29) is 5.75 Å². The average molecular weight is 316 g/mol. The van der Waals surface area contributed by atoms with Crippen LogP contribution in [0.3, 0.4) is 0 Å². The summed E-state index contributed by atoms with van der Waals surface area (Å²) in [6.45, 7) is 2.88. The van der Waals surface area contributed by atoms with Gasteiger partial charge >= 0.3 is 0 Å². The lowest BCUT2D eigenvalue weighted by molar-refractivity contribution is 0.601. The monoisotopic (exact) mass is 315 g/mol. The smallest absolute Gasteiger partial charge is 0.151 e. The summed E-state index contributed by atoms with van der Waals surface area (Å²) < 4.78 is 25.9. The van der Waals surface area contributed by atoms with E-state index < -0.39 is 9.84 Å². The Morgan fingerprint density at radius 3 is 2.65 bits per heavy atom. The minimum atomic E-state index is -3.00. The van der Waals surface area contributed by atoms with Crippen LogP contribution in [0.5, 0.6) is 0 Å². The Balaban J connectivity index is 2.65. The molecule has 2 aromatic rings. The van der Waals surface area contributed by atoms with Crippen LogP contribution in [-0.2, 0) is 22.1 Å². The largest absolute Gasteiger partial charge is 0.347 e. The predicted octanol–water partition coefficient (Wildman–Crippen LogP) is 2.97. The van der Waals surface area contributed by atoms with Gasteiger partial charge in [-0.1, -0.05) is 22.0 Å². The molecule has 0 saturated heterocycles. The van der Waals surface area contributed by atoms with Crippen LogP contribution in [-0.4, -0.2) is 19.2 Å². The van der Waals surface area contributed by atoms with Gasteiger partial charge < -0.3 is 4.57 Å². The highest BCUT2D eigenvalue weighted by Crippen LogP contribution is 2.26. The first-order valence-corrected chi connectivity index (χ1v) is 8.21. The van der Waals surface area contributed by atoms with Crippen molar-refractivity contribution in [2.75, 3.05) is 6.26 Å². The standard InChI is InChI=1S/C12H14BrNO2S/c1-3-14-7-9(8-17(2,15)16)11-5-4-10(13)6-12(11)14/h4-7H,3,8H2,1-2H3. The van der Waals surface area contributed by atoms with Crippen LogP contribution in [0.2, 0.25) is 0 Å². The number of halogens is 1. The molecule has 3 nitrogen and oxygen atoms in total. The molecular formula is C12H14BrNO2S. The normalized spacial score (nSPS) is 12.2. The van der Waals surface area contributed by atoms with Crippen molar-refractivity contribution < 1.29 is 8.42 Å². The van der Waals surface area contributed by atoms with E-state index in [1.165, 1.54) is 6.26 Å². The van der Waals surface area contributed by atoms with Crippen molar-refractivity contribution >= 4 is 36.7 Å². The second-order valence-corrected chi connectivity index (χ2v) is 7.23. The van der Waals surface area contributed by atoms with Gasteiger partial charge in [0.25, 0.3) is 0 Å². The number of sulfone groups is 1. The number of aromatic nitrogens is 1. The summed E-state index contributed by atoms with van der Waals surface area (Å²) in [5, 5.41) is 1.01. The van der Waals surface area contributed by atoms with E-state index in [2.05, 4.69) is 20.5 Å². The summed E-state index contributed by atoms with van der Waals surface area (Å²) in [5.41, 5.74) is 1.94. The Hall–Kier alpha value is -0.810. The molecule has 0 unspecified atom stereocenters. The maximum absolute atomic E-state index is 11.4. The molecule has 0 atom stereocenters. The molecule has 5 heteroatoms. The zero-order chi connectivity index (χ0) is 12.6. The molecule has 1 heterocycles. The van der Waals surface area contributed by atoms with Crippen molar-refractivity contribution in [3.63, 3.8) is 0 Å². The molecule has 0 spiro atoms. The lowest BCUT2D eigenvalue weighted by Crippen LogP contribution is -2.00. The highest BCUT2D eigenvalue weighted by atomic mass is 79.9. The van der Waals surface area contributed by atoms with Gasteiger partial charge in [0.2, 0.25) is 0 Å². The summed E-state index contributed by atoms with van der Waals surface area (Å²) in [7, 11) is -3.00. The summed E-state index contributed by atoms with van der Waals surface area (Å²) >= 11 is 3.43. The Bertz CT molecular complexity index is 658. The van der Waals surface area contributed by atoms with E-state index in [0.29, 0.717) is 0 Å². The highest BCUT2D eigenvalue weighted by Gasteiger charge is 2.12. The maximum Gasteiger partial charge on any atom is 0.151 e. The third kappa shape index (κ3) is 2.72. The fourth-order valence-corrected chi connectivity index (χ4v) is 3.14. The van der Waals surface area contributed by atoms with Crippen molar-refractivity contribution in [3.8, 4) is 0 Å². The Labute approximate surface area is 109 Å². The number of benzene rings is 1. The average Bonchev–Trinajstić information content (AvgIpc) is 2.53. The Kier molecular flexibility index (Phi) is 3.32. The van der Waals surface area contributed by atoms with Crippen LogP contribution in [0.4, 0.5) is 0 Å². The van der Waals surface area contributed by atoms with Crippen LogP contribution in [0.25, 0.3) is 10.9 Å². The fraction of sp³-hybridized carbons (Fsp3) is 0.333. The van der Waals surface area contributed by atoms with Gasteiger partial charge in [-0.3, -0.25) is 0 Å². The third-order valence-corrected chi connectivity index (χ3v) is 4.01. The second kappa shape index (κ2) is 4.46. The Morgan fingerprint density at radius 1 is 1.35 bits per heavy atom. The molecule has 0 aliphatic heterocycles. The highest BCUT2D eigenvalue weighted by molar-refractivity contribution is 9.10. The third-order valence-electron chi connectivity index (χ3n) is 2.69. The molecular weight excluding hydrogens is 302 g/mol. The molecule has 0 saturated carbocycles. The number of nitrogens with zero attached hydrogens (tertiary/aromatic N) is 1. The second-order valence-electron chi connectivity index (χ2n) is 4.17. The predicted molar refractivity (Wildman–Crippen MR) is 73.9 cm³/mol. The molecule has 92 valence electrons. The minimum Gasteiger partial charge on any atom is -0.347 e. The van der Waals surface area contributed by atoms with Crippen molar-refractivity contribution in [2.45, 2.75) is 19.2 Å². The van der Waals surface area contributed by atoms with Gasteiger partial charge in [-0.25, -0.2) is 8.42 Å². The van der Waals surface area contributed by atoms with Gasteiger partial charge in [0.15, 0.2) is 9.84 Å². The number of hydrogen-bond donors (Lipinski definition) is 0. The number of hydrogen-bond acceptors (Lipinski definition) is 2. The molecule has 0 bridgehead atoms. The van der Waals surface area contributed by atoms with Crippen molar-refractivity contribution in [1.29, 1.82) is 0 Å². The lowest BCUT2D eigenvalue weighted by atomic mass is 10.2. The van der Waals surface area contributed by atoms with Gasteiger partial charge in [-0.2, -0.15) is 0 Å². The summed E-state index contributed by atoms with van der Waals surface area (Å²) in [5.74, 6) is 0.0954. The topological polar surface area (TPSA) is 39.1 Å². The first-order valence-electron chi connectivity index (χ1n) is 5.35. The molecule has 0 fully saturated rings. The molecule has 0 aliphatic carbocycles. The van der Waals surface area contributed by atoms with E-state index in [0.717, 1.165) is 27.5 Å². The number of fused-ring (bicyclic) bond motifs is 1. The van der Waals surface area contributed by atoms with Gasteiger partial charge in [-0.15, -0.1) is 0 Å². The number of rotatable bonds is 3.